The monoisotopic (exact) mass is 941 g/mol. The number of imidazole rings is 2. The highest BCUT2D eigenvalue weighted by Gasteiger charge is 2.42. The van der Waals surface area contributed by atoms with Crippen LogP contribution in [-0.4, -0.2) is 75.5 Å². The number of Topliss-reactive ketones (excluding diaryl/α,β-unsaturated/α-hetero) is 1. The maximum absolute atomic E-state index is 13.9. The van der Waals surface area contributed by atoms with Crippen molar-refractivity contribution >= 4 is 34.9 Å². The lowest BCUT2D eigenvalue weighted by atomic mass is 9.82. The molecule has 6 aromatic rings. The third-order valence-corrected chi connectivity index (χ3v) is 15.6. The number of nitrogens with zero attached hydrogens (tertiary/aromatic N) is 3. The summed E-state index contributed by atoms with van der Waals surface area (Å²) < 4.78 is 9.69. The van der Waals surface area contributed by atoms with Gasteiger partial charge in [-0.25, -0.2) is 19.6 Å². The molecule has 2 fully saturated rings. The molecule has 13 nitrogen and oxygen atoms in total. The first kappa shape index (κ1) is 46.7. The smallest absolute Gasteiger partial charge is 0.407 e. The van der Waals surface area contributed by atoms with Crippen LogP contribution in [0.15, 0.2) is 103 Å². The van der Waals surface area contributed by atoms with Crippen LogP contribution in [0.3, 0.4) is 0 Å². The van der Waals surface area contributed by atoms with E-state index in [4.69, 9.17) is 19.4 Å². The van der Waals surface area contributed by atoms with Crippen molar-refractivity contribution < 1.29 is 28.7 Å². The molecule has 0 radical (unpaired) electrons. The third-order valence-electron chi connectivity index (χ3n) is 15.6. The van der Waals surface area contributed by atoms with Gasteiger partial charge in [0.05, 0.1) is 43.2 Å². The number of H-pyrrole nitrogens is 2. The van der Waals surface area contributed by atoms with Gasteiger partial charge in [-0.15, -0.1) is 0 Å². The normalized spacial score (nSPS) is 20.3. The van der Waals surface area contributed by atoms with Gasteiger partial charge in [0.25, 0.3) is 0 Å². The number of hydrogen-bond donors (Lipinski definition) is 4. The van der Waals surface area contributed by atoms with Crippen molar-refractivity contribution in [3.05, 3.63) is 132 Å². The van der Waals surface area contributed by atoms with E-state index in [2.05, 4.69) is 87.4 Å². The minimum absolute atomic E-state index is 0.0254. The Morgan fingerprint density at radius 2 is 1.44 bits per heavy atom. The second-order valence-corrected chi connectivity index (χ2v) is 20.3. The van der Waals surface area contributed by atoms with E-state index in [0.717, 1.165) is 77.2 Å². The summed E-state index contributed by atoms with van der Waals surface area (Å²) in [6.07, 6.45) is 15.8. The van der Waals surface area contributed by atoms with E-state index in [1.807, 2.05) is 55.3 Å². The van der Waals surface area contributed by atoms with Crippen LogP contribution in [0.2, 0.25) is 0 Å². The van der Waals surface area contributed by atoms with Crippen molar-refractivity contribution in [2.24, 2.45) is 17.3 Å². The molecule has 5 atom stereocenters. The standard InChI is InChI=1S/C57H63N7O6/c1-34(2)49(62-55(67)69-3)54(66)64-29-11-16-48(64)53-59-45-26-23-40(30-46(45)60-53)42-25-24-41(43-31-57(32-44(42)43)27-8-9-28-57)35-17-19-36(20-18-35)47-33-58-52(61-47)39-15-10-14-38(21-22-39)51(65)50(63-56(68)70-4)37-12-6-5-7-13-37/h5-7,10,12-13,15,17-20,23-26,30,33-34,38-39,48-50H,8-9,11,14,16,21-22,27-29,31-32H2,1-4H3,(H,58,61)(H,59,60)(H,62,67)(H,63,68)/t38?,39-,48+,49?,50-/m1/s1. The Kier molecular flexibility index (Phi) is 13.2. The fourth-order valence-electron chi connectivity index (χ4n) is 11.8. The van der Waals surface area contributed by atoms with Gasteiger partial charge in [0, 0.05) is 18.4 Å². The topological polar surface area (TPSA) is 171 Å². The summed E-state index contributed by atoms with van der Waals surface area (Å²) in [6, 6.07) is 27.6. The number of hydrogen-bond acceptors (Lipinski definition) is 8. The second kappa shape index (κ2) is 19.8. The fraction of sp³-hybridized carbons (Fsp3) is 0.404. The van der Waals surface area contributed by atoms with Crippen LogP contribution >= 0.6 is 0 Å². The van der Waals surface area contributed by atoms with Crippen molar-refractivity contribution in [3.63, 3.8) is 0 Å². The Morgan fingerprint density at radius 3 is 2.16 bits per heavy atom. The van der Waals surface area contributed by atoms with Crippen LogP contribution in [0.5, 0.6) is 0 Å². The van der Waals surface area contributed by atoms with E-state index >= 15 is 0 Å². The highest BCUT2D eigenvalue weighted by Crippen LogP contribution is 2.53. The molecule has 4 aliphatic rings. The molecule has 13 heteroatoms. The summed E-state index contributed by atoms with van der Waals surface area (Å²) in [7, 11) is 2.61. The molecule has 2 unspecified atom stereocenters. The van der Waals surface area contributed by atoms with Gasteiger partial charge in [-0.2, -0.15) is 0 Å². The number of benzene rings is 4. The SMILES string of the molecule is COC(=O)NC(C(=O)N1CCC[C@H]1c1nc2ccc(-c3ccc(-c4ccc(-c5cnc([C@@H]6C=CCC(C(=O)[C@H](NC(=O)OC)c7ccccc7)CC6)[nH]5)cc4)c4c3CC3(CCCC3)C4)cc2[nH]1)C(C)C. The van der Waals surface area contributed by atoms with E-state index in [9.17, 15) is 19.2 Å². The predicted molar refractivity (Wildman–Crippen MR) is 270 cm³/mol. The molecule has 1 saturated carbocycles. The quantitative estimate of drug-likeness (QED) is 0.0878. The van der Waals surface area contributed by atoms with Gasteiger partial charge in [-0.3, -0.25) is 9.59 Å². The summed E-state index contributed by atoms with van der Waals surface area (Å²) in [5, 5.41) is 5.51. The highest BCUT2D eigenvalue weighted by molar-refractivity contribution is 5.91. The zero-order chi connectivity index (χ0) is 48.5. The molecule has 0 bridgehead atoms. The number of nitrogens with one attached hydrogen (secondary N) is 4. The lowest BCUT2D eigenvalue weighted by Gasteiger charge is -2.29. The van der Waals surface area contributed by atoms with E-state index in [1.54, 1.807) is 0 Å². The van der Waals surface area contributed by atoms with E-state index in [1.165, 1.54) is 67.7 Å². The number of rotatable bonds is 12. The van der Waals surface area contributed by atoms with Gasteiger partial charge in [0.15, 0.2) is 5.78 Å². The van der Waals surface area contributed by atoms with Crippen molar-refractivity contribution in [1.82, 2.24) is 35.5 Å². The van der Waals surface area contributed by atoms with Gasteiger partial charge < -0.3 is 35.0 Å². The number of ketones is 1. The summed E-state index contributed by atoms with van der Waals surface area (Å²) in [5.41, 5.74) is 12.7. The van der Waals surface area contributed by atoms with Gasteiger partial charge in [-0.1, -0.05) is 112 Å². The zero-order valence-electron chi connectivity index (χ0n) is 40.6. The molecule has 1 spiro atoms. The van der Waals surface area contributed by atoms with Crippen LogP contribution in [-0.2, 0) is 31.9 Å². The molecular formula is C57H63N7O6. The Bertz CT molecular complexity index is 2930. The first-order valence-corrected chi connectivity index (χ1v) is 25.1. The molecule has 2 aromatic heterocycles. The minimum Gasteiger partial charge on any atom is -0.453 e. The van der Waals surface area contributed by atoms with E-state index in [-0.39, 0.29) is 35.5 Å². The molecule has 70 heavy (non-hydrogen) atoms. The van der Waals surface area contributed by atoms with Crippen LogP contribution in [0.25, 0.3) is 44.5 Å². The fourth-order valence-corrected chi connectivity index (χ4v) is 11.8. The molecule has 1 saturated heterocycles. The van der Waals surface area contributed by atoms with E-state index < -0.39 is 24.3 Å². The average Bonchev–Trinajstić information content (AvgIpc) is 4.25. The van der Waals surface area contributed by atoms with Crippen molar-refractivity contribution in [2.45, 2.75) is 109 Å². The van der Waals surface area contributed by atoms with Gasteiger partial charge >= 0.3 is 12.2 Å². The number of aromatic nitrogens is 4. The number of alkyl carbamates (subject to hydrolysis) is 2. The van der Waals surface area contributed by atoms with Crippen LogP contribution < -0.4 is 10.6 Å². The van der Waals surface area contributed by atoms with Crippen molar-refractivity contribution in [3.8, 4) is 33.5 Å². The number of amides is 3. The predicted octanol–water partition coefficient (Wildman–Crippen LogP) is 11.1. The number of carbonyl (C=O) groups excluding carboxylic acids is 4. The number of carbonyl (C=O) groups is 4. The van der Waals surface area contributed by atoms with Crippen molar-refractivity contribution in [1.29, 1.82) is 0 Å². The molecule has 3 amide bonds. The Morgan fingerprint density at radius 1 is 0.757 bits per heavy atom. The minimum atomic E-state index is -0.781. The number of likely N-dealkylation sites (tertiary alicyclic amines) is 1. The molecule has 10 rings (SSSR count). The molecule has 4 N–H and O–H groups in total. The molecule has 3 aliphatic carbocycles. The molecular weight excluding hydrogens is 879 g/mol. The lowest BCUT2D eigenvalue weighted by molar-refractivity contribution is -0.135. The van der Waals surface area contributed by atoms with Crippen LogP contribution in [0.1, 0.15) is 118 Å². The Labute approximate surface area is 409 Å². The van der Waals surface area contributed by atoms with Gasteiger partial charge in [-0.05, 0) is 126 Å². The Hall–Kier alpha value is -7.02. The largest absolute Gasteiger partial charge is 0.453 e. The molecule has 1 aliphatic heterocycles. The number of ether oxygens (including phenoxy) is 2. The first-order valence-electron chi connectivity index (χ1n) is 25.1. The summed E-state index contributed by atoms with van der Waals surface area (Å²) in [4.78, 5) is 71.1. The van der Waals surface area contributed by atoms with Crippen molar-refractivity contribution in [2.75, 3.05) is 20.8 Å². The molecule has 3 heterocycles. The number of allylic oxidation sites excluding steroid dienone is 2. The molecule has 362 valence electrons. The summed E-state index contributed by atoms with van der Waals surface area (Å²) in [6.45, 7) is 4.46. The lowest BCUT2D eigenvalue weighted by Crippen LogP contribution is -2.51. The summed E-state index contributed by atoms with van der Waals surface area (Å²) >= 11 is 0. The van der Waals surface area contributed by atoms with E-state index in [0.29, 0.717) is 24.8 Å². The molecule has 4 aromatic carbocycles. The third kappa shape index (κ3) is 9.25. The maximum atomic E-state index is 13.9. The summed E-state index contributed by atoms with van der Waals surface area (Å²) in [5.74, 6) is 1.17. The Balaban J connectivity index is 0.861. The number of methoxy groups -OCH3 is 2. The van der Waals surface area contributed by atoms with Crippen LogP contribution in [0.4, 0.5) is 9.59 Å². The highest BCUT2D eigenvalue weighted by atomic mass is 16.5. The van der Waals surface area contributed by atoms with Gasteiger partial charge in [0.2, 0.25) is 5.91 Å². The van der Waals surface area contributed by atoms with Gasteiger partial charge in [0.1, 0.15) is 23.7 Å². The first-order chi connectivity index (χ1) is 34.0. The number of aromatic amines is 2. The number of fused-ring (bicyclic) bond motifs is 2. The second-order valence-electron chi connectivity index (χ2n) is 20.3. The maximum Gasteiger partial charge on any atom is 0.407 e. The van der Waals surface area contributed by atoms with Crippen LogP contribution in [0, 0.1) is 17.3 Å². The average molecular weight is 942 g/mol. The zero-order valence-corrected chi connectivity index (χ0v) is 40.6.